The molecule has 0 N–H and O–H groups in total. The number of fused-ring (bicyclic) bond motifs is 1. The molecule has 2 aromatic carbocycles. The van der Waals surface area contributed by atoms with E-state index in [2.05, 4.69) is 26.1 Å². The molecule has 0 aliphatic heterocycles. The summed E-state index contributed by atoms with van der Waals surface area (Å²) in [5.41, 5.74) is 1.38. The maximum atomic E-state index is 13.1. The first-order valence-corrected chi connectivity index (χ1v) is 11.2. The van der Waals surface area contributed by atoms with Crippen LogP contribution in [0.2, 0.25) is 0 Å². The van der Waals surface area contributed by atoms with Crippen molar-refractivity contribution in [1.29, 1.82) is 0 Å². The molecule has 31 heavy (non-hydrogen) atoms. The van der Waals surface area contributed by atoms with E-state index in [4.69, 9.17) is 13.9 Å². The summed E-state index contributed by atoms with van der Waals surface area (Å²) >= 11 is 4.81. The third-order valence-corrected chi connectivity index (χ3v) is 6.05. The molecule has 0 saturated carbocycles. The van der Waals surface area contributed by atoms with Crippen LogP contribution in [0, 0.1) is 0 Å². The molecule has 0 radical (unpaired) electrons. The van der Waals surface area contributed by atoms with E-state index in [0.717, 1.165) is 10.0 Å². The number of nitrogens with zero attached hydrogens (tertiary/aromatic N) is 4. The molecule has 0 amide bonds. The largest absolute Gasteiger partial charge is 0.467 e. The number of rotatable bonds is 6. The second kappa shape index (κ2) is 8.52. The van der Waals surface area contributed by atoms with Crippen molar-refractivity contribution in [3.8, 4) is 11.4 Å². The Kier molecular flexibility index (Phi) is 5.44. The van der Waals surface area contributed by atoms with E-state index in [1.807, 2.05) is 48.5 Å². The maximum absolute atomic E-state index is 13.1. The molecule has 0 aliphatic carbocycles. The Morgan fingerprint density at radius 1 is 1.03 bits per heavy atom. The molecule has 5 rings (SSSR count). The molecule has 9 heteroatoms. The van der Waals surface area contributed by atoms with Crippen LogP contribution >= 0.6 is 27.7 Å². The third-order valence-electron chi connectivity index (χ3n) is 4.60. The van der Waals surface area contributed by atoms with E-state index in [9.17, 15) is 4.79 Å². The quantitative estimate of drug-likeness (QED) is 0.238. The zero-order chi connectivity index (χ0) is 21.2. The van der Waals surface area contributed by atoms with Crippen molar-refractivity contribution >= 4 is 38.6 Å². The zero-order valence-corrected chi connectivity index (χ0v) is 18.5. The predicted octanol–water partition coefficient (Wildman–Crippen LogP) is 5.14. The zero-order valence-electron chi connectivity index (χ0n) is 16.1. The Bertz CT molecular complexity index is 1410. The number of aromatic nitrogens is 4. The predicted molar refractivity (Wildman–Crippen MR) is 121 cm³/mol. The molecule has 3 aromatic heterocycles. The molecule has 0 atom stereocenters. The van der Waals surface area contributed by atoms with Gasteiger partial charge in [-0.2, -0.15) is 4.98 Å². The molecule has 0 unspecified atom stereocenters. The number of halogens is 1. The number of para-hydroxylation sites is 1. The molecular formula is C22H15BrN4O3S. The summed E-state index contributed by atoms with van der Waals surface area (Å²) in [6.07, 6.45) is 1.59. The summed E-state index contributed by atoms with van der Waals surface area (Å²) in [4.78, 5) is 22.3. The molecule has 7 nitrogen and oxygen atoms in total. The maximum Gasteiger partial charge on any atom is 0.262 e. The van der Waals surface area contributed by atoms with E-state index in [-0.39, 0.29) is 5.56 Å². The van der Waals surface area contributed by atoms with Crippen molar-refractivity contribution in [2.45, 2.75) is 17.5 Å². The normalized spacial score (nSPS) is 11.3. The van der Waals surface area contributed by atoms with Gasteiger partial charge in [0.05, 0.1) is 29.5 Å². The second-order valence-corrected chi connectivity index (χ2v) is 8.55. The Balaban J connectivity index is 1.45. The molecule has 0 aliphatic rings. The summed E-state index contributed by atoms with van der Waals surface area (Å²) in [6.45, 7) is 0.291. The molecule has 0 saturated heterocycles. The lowest BCUT2D eigenvalue weighted by molar-refractivity contribution is 0.391. The molecule has 0 spiro atoms. The highest BCUT2D eigenvalue weighted by Crippen LogP contribution is 2.25. The van der Waals surface area contributed by atoms with Gasteiger partial charge in [0.2, 0.25) is 11.7 Å². The number of hydrogen-bond acceptors (Lipinski definition) is 7. The number of hydrogen-bond donors (Lipinski definition) is 0. The van der Waals surface area contributed by atoms with Crippen LogP contribution in [0.15, 0.2) is 90.3 Å². The van der Waals surface area contributed by atoms with Crippen LogP contribution in [-0.4, -0.2) is 19.7 Å². The van der Waals surface area contributed by atoms with Crippen LogP contribution < -0.4 is 5.56 Å². The Labute approximate surface area is 189 Å². The summed E-state index contributed by atoms with van der Waals surface area (Å²) in [6, 6.07) is 18.6. The summed E-state index contributed by atoms with van der Waals surface area (Å²) in [5.74, 6) is 2.02. The highest BCUT2D eigenvalue weighted by atomic mass is 79.9. The Morgan fingerprint density at radius 3 is 2.77 bits per heavy atom. The van der Waals surface area contributed by atoms with Gasteiger partial charge in [-0.15, -0.1) is 0 Å². The average Bonchev–Trinajstić information content (AvgIpc) is 3.47. The van der Waals surface area contributed by atoms with Gasteiger partial charge in [0, 0.05) is 10.0 Å². The highest BCUT2D eigenvalue weighted by Gasteiger charge is 2.15. The molecule has 5 aromatic rings. The fraction of sp³-hybridized carbons (Fsp3) is 0.0909. The van der Waals surface area contributed by atoms with Crippen molar-refractivity contribution in [2.24, 2.45) is 0 Å². The first kappa shape index (κ1) is 19.8. The number of benzene rings is 2. The second-order valence-electron chi connectivity index (χ2n) is 6.69. The van der Waals surface area contributed by atoms with Gasteiger partial charge in [-0.25, -0.2) is 4.98 Å². The minimum Gasteiger partial charge on any atom is -0.467 e. The molecule has 0 bridgehead atoms. The number of furan rings is 1. The lowest BCUT2D eigenvalue weighted by Crippen LogP contribution is -2.23. The molecule has 154 valence electrons. The first-order chi connectivity index (χ1) is 15.2. The SMILES string of the molecule is O=c1c2ccccc2nc(SCc2nc(-c3cccc(Br)c3)no2)n1Cc1ccco1. The topological polar surface area (TPSA) is 87.0 Å². The van der Waals surface area contributed by atoms with Gasteiger partial charge in [0.25, 0.3) is 5.56 Å². The monoisotopic (exact) mass is 494 g/mol. The Hall–Kier alpha value is -3.17. The average molecular weight is 495 g/mol. The molecule has 0 fully saturated rings. The lowest BCUT2D eigenvalue weighted by atomic mass is 10.2. The minimum atomic E-state index is -0.121. The van der Waals surface area contributed by atoms with Gasteiger partial charge >= 0.3 is 0 Å². The van der Waals surface area contributed by atoms with Crippen LogP contribution in [0.5, 0.6) is 0 Å². The van der Waals surface area contributed by atoms with Crippen LogP contribution in [0.4, 0.5) is 0 Å². The van der Waals surface area contributed by atoms with E-state index in [0.29, 0.717) is 45.8 Å². The Morgan fingerprint density at radius 2 is 1.94 bits per heavy atom. The van der Waals surface area contributed by atoms with Gasteiger partial charge < -0.3 is 8.94 Å². The summed E-state index contributed by atoms with van der Waals surface area (Å²) < 4.78 is 13.4. The number of thioether (sulfide) groups is 1. The van der Waals surface area contributed by atoms with E-state index in [1.54, 1.807) is 23.0 Å². The smallest absolute Gasteiger partial charge is 0.262 e. The van der Waals surface area contributed by atoms with Crippen molar-refractivity contribution in [1.82, 2.24) is 19.7 Å². The lowest BCUT2D eigenvalue weighted by Gasteiger charge is -2.11. The fourth-order valence-corrected chi connectivity index (χ4v) is 4.38. The van der Waals surface area contributed by atoms with E-state index >= 15 is 0 Å². The highest BCUT2D eigenvalue weighted by molar-refractivity contribution is 9.10. The van der Waals surface area contributed by atoms with Crippen molar-refractivity contribution in [2.75, 3.05) is 0 Å². The van der Waals surface area contributed by atoms with Crippen LogP contribution in [0.1, 0.15) is 11.7 Å². The third kappa shape index (κ3) is 4.19. The van der Waals surface area contributed by atoms with E-state index < -0.39 is 0 Å². The minimum absolute atomic E-state index is 0.121. The van der Waals surface area contributed by atoms with Gasteiger partial charge in [0.1, 0.15) is 5.76 Å². The van der Waals surface area contributed by atoms with Crippen molar-refractivity contribution in [3.63, 3.8) is 0 Å². The van der Waals surface area contributed by atoms with Gasteiger partial charge in [-0.3, -0.25) is 9.36 Å². The standard InChI is InChI=1S/C22H15BrN4O3S/c23-15-6-3-5-14(11-15)20-25-19(30-26-20)13-31-22-24-18-9-2-1-8-17(18)21(28)27(22)12-16-7-4-10-29-16/h1-11H,12-13H2. The van der Waals surface area contributed by atoms with Crippen molar-refractivity contribution < 1.29 is 8.94 Å². The van der Waals surface area contributed by atoms with E-state index in [1.165, 1.54) is 11.8 Å². The van der Waals surface area contributed by atoms with Gasteiger partial charge in [-0.05, 0) is 36.4 Å². The van der Waals surface area contributed by atoms with Crippen molar-refractivity contribution in [3.05, 3.63) is 93.4 Å². The van der Waals surface area contributed by atoms with Gasteiger partial charge in [-0.1, -0.05) is 57.1 Å². The van der Waals surface area contributed by atoms with Crippen LogP contribution in [-0.2, 0) is 12.3 Å². The van der Waals surface area contributed by atoms with Crippen LogP contribution in [0.3, 0.4) is 0 Å². The molecular weight excluding hydrogens is 480 g/mol. The summed E-state index contributed by atoms with van der Waals surface area (Å²) in [7, 11) is 0. The fourth-order valence-electron chi connectivity index (χ4n) is 3.14. The van der Waals surface area contributed by atoms with Crippen LogP contribution in [0.25, 0.3) is 22.3 Å². The molecule has 3 heterocycles. The summed E-state index contributed by atoms with van der Waals surface area (Å²) in [5, 5.41) is 5.19. The first-order valence-electron chi connectivity index (χ1n) is 9.41. The van der Waals surface area contributed by atoms with Gasteiger partial charge in [0.15, 0.2) is 5.16 Å².